The van der Waals surface area contributed by atoms with Gasteiger partial charge in [0.05, 0.1) is 5.60 Å². The molecule has 4 heteroatoms. The third-order valence-electron chi connectivity index (χ3n) is 4.31. The zero-order valence-corrected chi connectivity index (χ0v) is 11.5. The van der Waals surface area contributed by atoms with Crippen molar-refractivity contribution in [2.24, 2.45) is 11.7 Å². The summed E-state index contributed by atoms with van der Waals surface area (Å²) in [6, 6.07) is 4.42. The van der Waals surface area contributed by atoms with Crippen LogP contribution in [0.25, 0.3) is 0 Å². The number of hydrogen-bond donors (Lipinski definition) is 1. The Kier molecular flexibility index (Phi) is 3.71. The van der Waals surface area contributed by atoms with Crippen molar-refractivity contribution in [2.45, 2.75) is 37.3 Å². The van der Waals surface area contributed by atoms with Gasteiger partial charge in [-0.05, 0) is 43.0 Å². The topological polar surface area (TPSA) is 44.5 Å². The Bertz CT molecular complexity index is 368. The molecule has 2 aliphatic rings. The van der Waals surface area contributed by atoms with E-state index >= 15 is 0 Å². The normalized spacial score (nSPS) is 29.3. The summed E-state index contributed by atoms with van der Waals surface area (Å²) in [6.45, 7) is 2.52. The number of ether oxygens (including phenoxy) is 2. The molecule has 1 aromatic rings. The van der Waals surface area contributed by atoms with Crippen LogP contribution in [0.1, 0.15) is 36.6 Å². The Morgan fingerprint density at radius 3 is 2.89 bits per heavy atom. The molecule has 0 amide bonds. The molecule has 1 aromatic heterocycles. The zero-order chi connectivity index (χ0) is 12.4. The maximum Gasteiger partial charge on any atom is 0.0729 e. The van der Waals surface area contributed by atoms with Gasteiger partial charge in [0.25, 0.3) is 0 Å². The molecule has 100 valence electrons. The summed E-state index contributed by atoms with van der Waals surface area (Å²) in [4.78, 5) is 1.31. The van der Waals surface area contributed by atoms with E-state index in [2.05, 4.69) is 17.5 Å². The molecule has 2 aliphatic heterocycles. The first-order chi connectivity index (χ1) is 8.79. The fourth-order valence-corrected chi connectivity index (χ4v) is 4.00. The van der Waals surface area contributed by atoms with Crippen molar-refractivity contribution < 1.29 is 9.47 Å². The van der Waals surface area contributed by atoms with Crippen LogP contribution in [-0.4, -0.2) is 25.4 Å². The molecule has 0 aliphatic carbocycles. The molecule has 0 radical (unpaired) electrons. The molecule has 2 atom stereocenters. The molecule has 2 fully saturated rings. The third-order valence-corrected chi connectivity index (χ3v) is 5.29. The quantitative estimate of drug-likeness (QED) is 0.896. The Morgan fingerprint density at radius 1 is 1.33 bits per heavy atom. The molecule has 1 spiro atoms. The van der Waals surface area contributed by atoms with Crippen LogP contribution in [0.2, 0.25) is 0 Å². The second kappa shape index (κ2) is 5.29. The van der Waals surface area contributed by atoms with Crippen molar-refractivity contribution in [2.75, 3.05) is 19.8 Å². The zero-order valence-electron chi connectivity index (χ0n) is 10.6. The number of nitrogens with two attached hydrogens (primary N) is 1. The lowest BCUT2D eigenvalue weighted by molar-refractivity contribution is -0.149. The van der Waals surface area contributed by atoms with Gasteiger partial charge in [-0.1, -0.05) is 6.07 Å². The van der Waals surface area contributed by atoms with E-state index in [1.165, 1.54) is 4.88 Å². The standard InChI is InChI=1S/C14H21NO2S/c15-13(12-2-1-9-18-12)11-3-6-17-14(10-11)4-7-16-8-5-14/h1-2,9,11,13H,3-8,10,15H2. The summed E-state index contributed by atoms with van der Waals surface area (Å²) in [5.41, 5.74) is 6.48. The van der Waals surface area contributed by atoms with Gasteiger partial charge in [0.1, 0.15) is 0 Å². The second-order valence-electron chi connectivity index (χ2n) is 5.44. The molecule has 0 bridgehead atoms. The lowest BCUT2D eigenvalue weighted by atomic mass is 9.77. The highest BCUT2D eigenvalue weighted by Crippen LogP contribution is 2.41. The van der Waals surface area contributed by atoms with Crippen LogP contribution in [0.3, 0.4) is 0 Å². The van der Waals surface area contributed by atoms with Gasteiger partial charge in [-0.2, -0.15) is 0 Å². The van der Waals surface area contributed by atoms with Crippen LogP contribution >= 0.6 is 11.3 Å². The van der Waals surface area contributed by atoms with Crippen molar-refractivity contribution in [3.05, 3.63) is 22.4 Å². The SMILES string of the molecule is NC(c1cccs1)C1CCOC2(CCOCC2)C1. The fraction of sp³-hybridized carbons (Fsp3) is 0.714. The Morgan fingerprint density at radius 2 is 2.17 bits per heavy atom. The summed E-state index contributed by atoms with van der Waals surface area (Å²) in [7, 11) is 0. The van der Waals surface area contributed by atoms with Gasteiger partial charge in [-0.3, -0.25) is 0 Å². The summed E-state index contributed by atoms with van der Waals surface area (Å²) in [6.07, 6.45) is 4.23. The van der Waals surface area contributed by atoms with E-state index in [1.54, 1.807) is 11.3 Å². The number of hydrogen-bond acceptors (Lipinski definition) is 4. The van der Waals surface area contributed by atoms with Gasteiger partial charge < -0.3 is 15.2 Å². The Hall–Kier alpha value is -0.420. The summed E-state index contributed by atoms with van der Waals surface area (Å²) in [5.74, 6) is 0.551. The summed E-state index contributed by atoms with van der Waals surface area (Å²) >= 11 is 1.77. The van der Waals surface area contributed by atoms with Gasteiger partial charge in [0.2, 0.25) is 0 Å². The van der Waals surface area contributed by atoms with Crippen LogP contribution in [-0.2, 0) is 9.47 Å². The molecule has 0 saturated carbocycles. The number of rotatable bonds is 2. The van der Waals surface area contributed by atoms with E-state index < -0.39 is 0 Å². The van der Waals surface area contributed by atoms with Gasteiger partial charge in [-0.25, -0.2) is 0 Å². The molecule has 18 heavy (non-hydrogen) atoms. The molecular formula is C14H21NO2S. The predicted molar refractivity (Wildman–Crippen MR) is 72.7 cm³/mol. The molecule has 2 unspecified atom stereocenters. The van der Waals surface area contributed by atoms with Gasteiger partial charge in [0.15, 0.2) is 0 Å². The molecule has 0 aromatic carbocycles. The molecule has 2 N–H and O–H groups in total. The third kappa shape index (κ3) is 2.48. The van der Waals surface area contributed by atoms with Crippen LogP contribution < -0.4 is 5.73 Å². The van der Waals surface area contributed by atoms with Gasteiger partial charge >= 0.3 is 0 Å². The minimum atomic E-state index is 0.0516. The van der Waals surface area contributed by atoms with E-state index in [0.29, 0.717) is 5.92 Å². The number of thiophene rings is 1. The van der Waals surface area contributed by atoms with Crippen LogP contribution in [0.4, 0.5) is 0 Å². The van der Waals surface area contributed by atoms with E-state index in [4.69, 9.17) is 15.2 Å². The van der Waals surface area contributed by atoms with Crippen molar-refractivity contribution >= 4 is 11.3 Å². The van der Waals surface area contributed by atoms with E-state index in [1.807, 2.05) is 0 Å². The lowest BCUT2D eigenvalue weighted by Crippen LogP contribution is -2.46. The largest absolute Gasteiger partial charge is 0.381 e. The maximum atomic E-state index is 6.43. The van der Waals surface area contributed by atoms with Crippen molar-refractivity contribution in [3.63, 3.8) is 0 Å². The first kappa shape index (κ1) is 12.6. The second-order valence-corrected chi connectivity index (χ2v) is 6.42. The lowest BCUT2D eigenvalue weighted by Gasteiger charge is -2.44. The first-order valence-corrected chi connectivity index (χ1v) is 7.68. The first-order valence-electron chi connectivity index (χ1n) is 6.80. The van der Waals surface area contributed by atoms with Crippen LogP contribution in [0.5, 0.6) is 0 Å². The van der Waals surface area contributed by atoms with Crippen molar-refractivity contribution in [3.8, 4) is 0 Å². The molecule has 3 rings (SSSR count). The summed E-state index contributed by atoms with van der Waals surface area (Å²) in [5, 5.41) is 2.11. The van der Waals surface area contributed by atoms with E-state index in [-0.39, 0.29) is 11.6 Å². The Balaban J connectivity index is 1.70. The monoisotopic (exact) mass is 267 g/mol. The minimum Gasteiger partial charge on any atom is -0.381 e. The summed E-state index contributed by atoms with van der Waals surface area (Å²) < 4.78 is 11.5. The highest BCUT2D eigenvalue weighted by Gasteiger charge is 2.40. The highest BCUT2D eigenvalue weighted by molar-refractivity contribution is 7.10. The van der Waals surface area contributed by atoms with E-state index in [9.17, 15) is 0 Å². The van der Waals surface area contributed by atoms with Crippen LogP contribution in [0.15, 0.2) is 17.5 Å². The van der Waals surface area contributed by atoms with E-state index in [0.717, 1.165) is 45.5 Å². The molecule has 3 nitrogen and oxygen atoms in total. The van der Waals surface area contributed by atoms with Crippen molar-refractivity contribution in [1.82, 2.24) is 0 Å². The maximum absolute atomic E-state index is 6.43. The van der Waals surface area contributed by atoms with Gasteiger partial charge in [-0.15, -0.1) is 11.3 Å². The smallest absolute Gasteiger partial charge is 0.0729 e. The van der Waals surface area contributed by atoms with Crippen LogP contribution in [0, 0.1) is 5.92 Å². The highest BCUT2D eigenvalue weighted by atomic mass is 32.1. The average molecular weight is 267 g/mol. The molecular weight excluding hydrogens is 246 g/mol. The average Bonchev–Trinajstić information content (AvgIpc) is 2.93. The van der Waals surface area contributed by atoms with Gasteiger partial charge in [0, 0.05) is 30.7 Å². The minimum absolute atomic E-state index is 0.0516. The molecule has 3 heterocycles. The Labute approximate surface area is 112 Å². The van der Waals surface area contributed by atoms with Crippen molar-refractivity contribution in [1.29, 1.82) is 0 Å². The fourth-order valence-electron chi connectivity index (χ4n) is 3.18. The predicted octanol–water partition coefficient (Wildman–Crippen LogP) is 2.72. The molecule has 2 saturated heterocycles.